The van der Waals surface area contributed by atoms with Gasteiger partial charge in [0.15, 0.2) is 5.76 Å². The van der Waals surface area contributed by atoms with Crippen LogP contribution in [0.1, 0.15) is 43.7 Å². The lowest BCUT2D eigenvalue weighted by Gasteiger charge is -2.11. The molecule has 126 valence electrons. The molecule has 0 saturated heterocycles. The number of ether oxygens (including phenoxy) is 2. The maximum atomic E-state index is 12.2. The smallest absolute Gasteiger partial charge is 0.341 e. The summed E-state index contributed by atoms with van der Waals surface area (Å²) in [4.78, 5) is 37.3. The molecule has 2 aromatic rings. The highest BCUT2D eigenvalue weighted by molar-refractivity contribution is 7.17. The molecule has 1 aliphatic carbocycles. The fourth-order valence-corrected chi connectivity index (χ4v) is 4.07. The third kappa shape index (κ3) is 2.69. The topological polar surface area (TPSA) is 94.8 Å². The Balaban J connectivity index is 2.00. The van der Waals surface area contributed by atoms with Crippen molar-refractivity contribution in [3.8, 4) is 0 Å². The number of nitrogens with one attached hydrogen (secondary N) is 1. The van der Waals surface area contributed by atoms with Crippen molar-refractivity contribution in [3.63, 3.8) is 0 Å². The third-order valence-corrected chi connectivity index (χ3v) is 5.06. The molecule has 1 N–H and O–H groups in total. The first-order chi connectivity index (χ1) is 11.6. The van der Waals surface area contributed by atoms with Gasteiger partial charge in [0.05, 0.1) is 32.0 Å². The van der Waals surface area contributed by atoms with E-state index in [9.17, 15) is 14.4 Å². The van der Waals surface area contributed by atoms with Crippen LogP contribution in [-0.4, -0.2) is 32.1 Å². The number of anilines is 1. The van der Waals surface area contributed by atoms with Crippen LogP contribution in [0.15, 0.2) is 22.8 Å². The van der Waals surface area contributed by atoms with E-state index in [0.29, 0.717) is 23.4 Å². The van der Waals surface area contributed by atoms with Crippen molar-refractivity contribution in [2.45, 2.75) is 18.8 Å². The number of carbonyl (C=O) groups excluding carboxylic acids is 3. The summed E-state index contributed by atoms with van der Waals surface area (Å²) in [5.41, 5.74) is 0.804. The minimum Gasteiger partial charge on any atom is -0.469 e. The number of furan rings is 1. The second kappa shape index (κ2) is 6.48. The van der Waals surface area contributed by atoms with Gasteiger partial charge in [0.1, 0.15) is 5.00 Å². The molecule has 8 heteroatoms. The number of thiophene rings is 1. The molecule has 0 fully saturated rings. The molecule has 0 saturated carbocycles. The Bertz CT molecular complexity index is 792. The van der Waals surface area contributed by atoms with E-state index in [2.05, 4.69) is 5.32 Å². The average molecular weight is 349 g/mol. The summed E-state index contributed by atoms with van der Waals surface area (Å²) >= 11 is 1.27. The van der Waals surface area contributed by atoms with E-state index < -0.39 is 23.8 Å². The van der Waals surface area contributed by atoms with Gasteiger partial charge in [-0.25, -0.2) is 4.79 Å². The van der Waals surface area contributed by atoms with Gasteiger partial charge >= 0.3 is 11.9 Å². The monoisotopic (exact) mass is 349 g/mol. The van der Waals surface area contributed by atoms with Gasteiger partial charge in [-0.2, -0.15) is 0 Å². The van der Waals surface area contributed by atoms with Gasteiger partial charge in [-0.1, -0.05) is 0 Å². The number of hydrogen-bond donors (Lipinski definition) is 1. The summed E-state index contributed by atoms with van der Waals surface area (Å²) in [5.74, 6) is -1.87. The number of hydrogen-bond acceptors (Lipinski definition) is 7. The Morgan fingerprint density at radius 2 is 2.08 bits per heavy atom. The number of esters is 2. The molecule has 0 spiro atoms. The van der Waals surface area contributed by atoms with E-state index in [4.69, 9.17) is 13.9 Å². The quantitative estimate of drug-likeness (QED) is 0.853. The molecule has 1 amide bonds. The fraction of sp³-hybridized carbons (Fsp3) is 0.312. The van der Waals surface area contributed by atoms with Crippen LogP contribution < -0.4 is 5.32 Å². The summed E-state index contributed by atoms with van der Waals surface area (Å²) in [6.07, 6.45) is 2.60. The highest BCUT2D eigenvalue weighted by Crippen LogP contribution is 2.46. The van der Waals surface area contributed by atoms with E-state index in [1.807, 2.05) is 0 Å². The molecule has 1 atom stereocenters. The summed E-state index contributed by atoms with van der Waals surface area (Å²) in [5, 5.41) is 3.02. The second-order valence-corrected chi connectivity index (χ2v) is 6.29. The molecule has 3 rings (SSSR count). The third-order valence-electron chi connectivity index (χ3n) is 3.88. The van der Waals surface area contributed by atoms with Crippen molar-refractivity contribution in [1.82, 2.24) is 0 Å². The van der Waals surface area contributed by atoms with Gasteiger partial charge in [0.2, 0.25) is 0 Å². The summed E-state index contributed by atoms with van der Waals surface area (Å²) in [7, 11) is 2.57. The van der Waals surface area contributed by atoms with Crippen molar-refractivity contribution in [1.29, 1.82) is 0 Å². The zero-order valence-corrected chi connectivity index (χ0v) is 13.9. The largest absolute Gasteiger partial charge is 0.469 e. The first-order valence-electron chi connectivity index (χ1n) is 7.23. The summed E-state index contributed by atoms with van der Waals surface area (Å²) < 4.78 is 14.7. The van der Waals surface area contributed by atoms with Crippen molar-refractivity contribution in [3.05, 3.63) is 40.2 Å². The Hall–Kier alpha value is -2.61. The summed E-state index contributed by atoms with van der Waals surface area (Å²) in [6.45, 7) is 0. The van der Waals surface area contributed by atoms with Crippen molar-refractivity contribution < 1.29 is 28.3 Å². The minimum atomic E-state index is -0.599. The van der Waals surface area contributed by atoms with E-state index in [1.165, 1.54) is 37.9 Å². The number of fused-ring (bicyclic) bond motifs is 1. The van der Waals surface area contributed by atoms with Gasteiger partial charge in [-0.15, -0.1) is 11.3 Å². The first kappa shape index (κ1) is 16.3. The Labute approximate surface area is 141 Å². The minimum absolute atomic E-state index is 0.129. The normalized spacial score (nSPS) is 15.7. The number of rotatable bonds is 4. The van der Waals surface area contributed by atoms with Crippen LogP contribution in [0, 0.1) is 0 Å². The van der Waals surface area contributed by atoms with Crippen molar-refractivity contribution in [2.75, 3.05) is 19.5 Å². The maximum Gasteiger partial charge on any atom is 0.341 e. The van der Waals surface area contributed by atoms with Crippen LogP contribution in [0.3, 0.4) is 0 Å². The van der Waals surface area contributed by atoms with Crippen LogP contribution in [0.25, 0.3) is 0 Å². The van der Waals surface area contributed by atoms with Crippen LogP contribution in [0.5, 0.6) is 0 Å². The van der Waals surface area contributed by atoms with Crippen LogP contribution in [0.4, 0.5) is 5.00 Å². The molecule has 1 aliphatic rings. The number of methoxy groups -OCH3 is 2. The van der Waals surface area contributed by atoms with Gasteiger partial charge in [0.25, 0.3) is 5.91 Å². The predicted octanol–water partition coefficient (Wildman–Crippen LogP) is 2.58. The zero-order valence-electron chi connectivity index (χ0n) is 13.1. The maximum absolute atomic E-state index is 12.2. The van der Waals surface area contributed by atoms with Gasteiger partial charge in [-0.05, 0) is 30.5 Å². The number of aryl methyl sites for hydroxylation is 1. The molecule has 0 unspecified atom stereocenters. The van der Waals surface area contributed by atoms with Crippen LogP contribution in [0.2, 0.25) is 0 Å². The molecule has 2 aromatic heterocycles. The highest BCUT2D eigenvalue weighted by atomic mass is 32.1. The van der Waals surface area contributed by atoms with Crippen molar-refractivity contribution >= 4 is 34.2 Å². The summed E-state index contributed by atoms with van der Waals surface area (Å²) in [6, 6.07) is 3.11. The molecule has 0 aromatic carbocycles. The zero-order chi connectivity index (χ0) is 17.3. The molecule has 0 bridgehead atoms. The molecule has 2 heterocycles. The lowest BCUT2D eigenvalue weighted by Crippen LogP contribution is -2.17. The van der Waals surface area contributed by atoms with E-state index >= 15 is 0 Å². The molecular weight excluding hydrogens is 334 g/mol. The Kier molecular flexibility index (Phi) is 4.39. The molecule has 0 aliphatic heterocycles. The van der Waals surface area contributed by atoms with Gasteiger partial charge < -0.3 is 19.2 Å². The molecule has 0 radical (unpaired) electrons. The fourth-order valence-electron chi connectivity index (χ4n) is 2.81. The standard InChI is InChI=1S/C16H15NO6S/c1-21-15(19)8-5-6-10-11(8)12(16(20)22-2)14(24-10)17-13(18)9-4-3-7-23-9/h3-4,7-8H,5-6H2,1-2H3,(H,17,18)/t8-/m1/s1. The second-order valence-electron chi connectivity index (χ2n) is 5.18. The lowest BCUT2D eigenvalue weighted by atomic mass is 9.99. The van der Waals surface area contributed by atoms with E-state index in [1.54, 1.807) is 6.07 Å². The van der Waals surface area contributed by atoms with Gasteiger partial charge in [-0.3, -0.25) is 9.59 Å². The highest BCUT2D eigenvalue weighted by Gasteiger charge is 2.38. The van der Waals surface area contributed by atoms with Gasteiger partial charge in [0, 0.05) is 4.88 Å². The van der Waals surface area contributed by atoms with Crippen molar-refractivity contribution in [2.24, 2.45) is 0 Å². The average Bonchev–Trinajstić information content (AvgIpc) is 3.29. The SMILES string of the molecule is COC(=O)c1c(NC(=O)c2ccco2)sc2c1[C@H](C(=O)OC)CC2. The van der Waals surface area contributed by atoms with Crippen LogP contribution in [-0.2, 0) is 20.7 Å². The Morgan fingerprint density at radius 3 is 2.71 bits per heavy atom. The molecule has 7 nitrogen and oxygen atoms in total. The molecule has 24 heavy (non-hydrogen) atoms. The van der Waals surface area contributed by atoms with E-state index in [0.717, 1.165) is 4.88 Å². The number of amides is 1. The lowest BCUT2D eigenvalue weighted by molar-refractivity contribution is -0.142. The first-order valence-corrected chi connectivity index (χ1v) is 8.05. The Morgan fingerprint density at radius 1 is 1.29 bits per heavy atom. The predicted molar refractivity (Wildman–Crippen MR) is 85.4 cm³/mol. The molecular formula is C16H15NO6S. The van der Waals surface area contributed by atoms with Crippen LogP contribution >= 0.6 is 11.3 Å². The van der Waals surface area contributed by atoms with E-state index in [-0.39, 0.29) is 11.3 Å². The number of carbonyl (C=O) groups is 3.